The molecule has 0 unspecified atom stereocenters. The highest BCUT2D eigenvalue weighted by atomic mass is 35.5. The van der Waals surface area contributed by atoms with Crippen molar-refractivity contribution in [2.45, 2.75) is 6.92 Å². The standard InChI is InChI=1S/C13H11ClN4O/c1-8-15-11(14)7-12-16-17-13(18(8)12)9-4-3-5-10(6-9)19-2/h3-7H,1-2H3. The number of methoxy groups -OCH3 is 1. The van der Waals surface area contributed by atoms with E-state index in [1.165, 1.54) is 0 Å². The zero-order valence-corrected chi connectivity index (χ0v) is 11.2. The van der Waals surface area contributed by atoms with Crippen molar-refractivity contribution >= 4 is 17.2 Å². The van der Waals surface area contributed by atoms with Gasteiger partial charge in [0.05, 0.1) is 7.11 Å². The molecule has 0 radical (unpaired) electrons. The molecule has 19 heavy (non-hydrogen) atoms. The van der Waals surface area contributed by atoms with Gasteiger partial charge in [-0.2, -0.15) is 0 Å². The van der Waals surface area contributed by atoms with Crippen LogP contribution in [0.5, 0.6) is 5.75 Å². The fourth-order valence-electron chi connectivity index (χ4n) is 2.00. The van der Waals surface area contributed by atoms with E-state index < -0.39 is 0 Å². The van der Waals surface area contributed by atoms with E-state index in [0.717, 1.165) is 23.0 Å². The van der Waals surface area contributed by atoms with Gasteiger partial charge in [-0.15, -0.1) is 10.2 Å². The van der Waals surface area contributed by atoms with E-state index in [9.17, 15) is 0 Å². The monoisotopic (exact) mass is 274 g/mol. The van der Waals surface area contributed by atoms with Crippen LogP contribution in [0.1, 0.15) is 5.82 Å². The Balaban J connectivity index is 2.25. The molecule has 0 aliphatic rings. The van der Waals surface area contributed by atoms with Crippen molar-refractivity contribution in [3.63, 3.8) is 0 Å². The Morgan fingerprint density at radius 2 is 2.05 bits per heavy atom. The van der Waals surface area contributed by atoms with Gasteiger partial charge in [0, 0.05) is 11.6 Å². The highest BCUT2D eigenvalue weighted by Gasteiger charge is 2.12. The number of aromatic nitrogens is 4. The summed E-state index contributed by atoms with van der Waals surface area (Å²) in [6, 6.07) is 9.34. The Kier molecular flexibility index (Phi) is 2.83. The number of benzene rings is 1. The maximum Gasteiger partial charge on any atom is 0.169 e. The van der Waals surface area contributed by atoms with Crippen molar-refractivity contribution in [3.05, 3.63) is 41.3 Å². The van der Waals surface area contributed by atoms with Crippen LogP contribution in [-0.2, 0) is 0 Å². The molecule has 0 aliphatic heterocycles. The number of nitrogens with zero attached hydrogens (tertiary/aromatic N) is 4. The van der Waals surface area contributed by atoms with Crippen LogP contribution in [0.15, 0.2) is 30.3 Å². The van der Waals surface area contributed by atoms with Gasteiger partial charge in [-0.3, -0.25) is 4.40 Å². The van der Waals surface area contributed by atoms with Gasteiger partial charge in [-0.25, -0.2) is 4.98 Å². The first-order valence-electron chi connectivity index (χ1n) is 5.72. The van der Waals surface area contributed by atoms with Gasteiger partial charge in [-0.1, -0.05) is 23.7 Å². The van der Waals surface area contributed by atoms with Gasteiger partial charge >= 0.3 is 0 Å². The lowest BCUT2D eigenvalue weighted by Gasteiger charge is -2.05. The summed E-state index contributed by atoms with van der Waals surface area (Å²) in [5.41, 5.74) is 1.59. The molecule has 0 fully saturated rings. The highest BCUT2D eigenvalue weighted by Crippen LogP contribution is 2.24. The lowest BCUT2D eigenvalue weighted by Crippen LogP contribution is -1.98. The number of hydrogen-bond acceptors (Lipinski definition) is 4. The number of ether oxygens (including phenoxy) is 1. The molecule has 1 aromatic carbocycles. The zero-order chi connectivity index (χ0) is 13.4. The normalized spacial score (nSPS) is 10.9. The first kappa shape index (κ1) is 11.9. The molecule has 0 aliphatic carbocycles. The molecule has 0 amide bonds. The minimum Gasteiger partial charge on any atom is -0.497 e. The van der Waals surface area contributed by atoms with Crippen molar-refractivity contribution in [3.8, 4) is 17.1 Å². The molecule has 5 nitrogen and oxygen atoms in total. The van der Waals surface area contributed by atoms with Crippen LogP contribution in [0, 0.1) is 6.92 Å². The van der Waals surface area contributed by atoms with Crippen LogP contribution in [0.4, 0.5) is 0 Å². The lowest BCUT2D eigenvalue weighted by atomic mass is 10.2. The Morgan fingerprint density at radius 1 is 1.21 bits per heavy atom. The van der Waals surface area contributed by atoms with Crippen LogP contribution >= 0.6 is 11.6 Å². The molecule has 6 heteroatoms. The maximum absolute atomic E-state index is 5.91. The smallest absolute Gasteiger partial charge is 0.169 e. The second kappa shape index (κ2) is 4.51. The average Bonchev–Trinajstić information content (AvgIpc) is 2.82. The summed E-state index contributed by atoms with van der Waals surface area (Å²) < 4.78 is 7.08. The number of fused-ring (bicyclic) bond motifs is 1. The molecule has 2 heterocycles. The minimum absolute atomic E-state index is 0.412. The Hall–Kier alpha value is -2.14. The largest absolute Gasteiger partial charge is 0.497 e. The molecule has 0 spiro atoms. The van der Waals surface area contributed by atoms with Crippen molar-refractivity contribution in [2.24, 2.45) is 0 Å². The molecule has 0 saturated carbocycles. The molecule has 3 rings (SSSR count). The second-order valence-corrected chi connectivity index (χ2v) is 4.46. The van der Waals surface area contributed by atoms with E-state index in [0.29, 0.717) is 10.8 Å². The summed E-state index contributed by atoms with van der Waals surface area (Å²) in [4.78, 5) is 4.22. The third-order valence-electron chi connectivity index (χ3n) is 2.86. The van der Waals surface area contributed by atoms with Crippen LogP contribution < -0.4 is 4.74 Å². The number of halogens is 1. The van der Waals surface area contributed by atoms with Crippen LogP contribution in [0.3, 0.4) is 0 Å². The Labute approximate surface area is 114 Å². The second-order valence-electron chi connectivity index (χ2n) is 4.08. The van der Waals surface area contributed by atoms with E-state index in [-0.39, 0.29) is 0 Å². The van der Waals surface area contributed by atoms with E-state index in [4.69, 9.17) is 16.3 Å². The molecule has 96 valence electrons. The topological polar surface area (TPSA) is 52.3 Å². The number of rotatable bonds is 2. The Morgan fingerprint density at radius 3 is 2.84 bits per heavy atom. The van der Waals surface area contributed by atoms with Crippen molar-refractivity contribution in [2.75, 3.05) is 7.11 Å². The van der Waals surface area contributed by atoms with Gasteiger partial charge in [-0.05, 0) is 19.1 Å². The van der Waals surface area contributed by atoms with E-state index in [2.05, 4.69) is 15.2 Å². The molecule has 0 N–H and O–H groups in total. The van der Waals surface area contributed by atoms with Crippen molar-refractivity contribution in [1.82, 2.24) is 19.6 Å². The van der Waals surface area contributed by atoms with Crippen molar-refractivity contribution in [1.29, 1.82) is 0 Å². The third kappa shape index (κ3) is 2.02. The fourth-order valence-corrected chi connectivity index (χ4v) is 2.22. The molecule has 0 saturated heterocycles. The van der Waals surface area contributed by atoms with E-state index in [1.807, 2.05) is 35.6 Å². The number of hydrogen-bond donors (Lipinski definition) is 0. The van der Waals surface area contributed by atoms with Gasteiger partial charge in [0.25, 0.3) is 0 Å². The summed E-state index contributed by atoms with van der Waals surface area (Å²) in [6.45, 7) is 1.87. The first-order chi connectivity index (χ1) is 9.19. The molecule has 0 bridgehead atoms. The molecular weight excluding hydrogens is 264 g/mol. The van der Waals surface area contributed by atoms with Gasteiger partial charge in [0.1, 0.15) is 16.7 Å². The molecule has 0 atom stereocenters. The third-order valence-corrected chi connectivity index (χ3v) is 3.05. The van der Waals surface area contributed by atoms with Gasteiger partial charge in [0.15, 0.2) is 11.5 Å². The molecule has 3 aromatic rings. The Bertz CT molecular complexity index is 753. The summed E-state index contributed by atoms with van der Waals surface area (Å²) in [7, 11) is 1.63. The summed E-state index contributed by atoms with van der Waals surface area (Å²) in [6.07, 6.45) is 0. The van der Waals surface area contributed by atoms with Gasteiger partial charge < -0.3 is 4.74 Å². The SMILES string of the molecule is COc1cccc(-c2nnc3cc(Cl)nc(C)n23)c1. The minimum atomic E-state index is 0.412. The van der Waals surface area contributed by atoms with Crippen molar-refractivity contribution < 1.29 is 4.74 Å². The van der Waals surface area contributed by atoms with Crippen LogP contribution in [0.2, 0.25) is 5.15 Å². The van der Waals surface area contributed by atoms with Crippen LogP contribution in [-0.4, -0.2) is 26.7 Å². The van der Waals surface area contributed by atoms with E-state index >= 15 is 0 Å². The van der Waals surface area contributed by atoms with E-state index in [1.54, 1.807) is 13.2 Å². The lowest BCUT2D eigenvalue weighted by molar-refractivity contribution is 0.415. The summed E-state index contributed by atoms with van der Waals surface area (Å²) in [5, 5.41) is 8.73. The summed E-state index contributed by atoms with van der Waals surface area (Å²) >= 11 is 5.91. The average molecular weight is 275 g/mol. The first-order valence-corrected chi connectivity index (χ1v) is 6.09. The fraction of sp³-hybridized carbons (Fsp3) is 0.154. The maximum atomic E-state index is 5.91. The zero-order valence-electron chi connectivity index (χ0n) is 10.5. The number of aryl methyl sites for hydroxylation is 1. The summed E-state index contributed by atoms with van der Waals surface area (Å²) in [5.74, 6) is 2.23. The predicted octanol–water partition coefficient (Wildman–Crippen LogP) is 2.76. The predicted molar refractivity (Wildman–Crippen MR) is 72.5 cm³/mol. The van der Waals surface area contributed by atoms with Gasteiger partial charge in [0.2, 0.25) is 0 Å². The highest BCUT2D eigenvalue weighted by molar-refractivity contribution is 6.29. The van der Waals surface area contributed by atoms with Crippen LogP contribution in [0.25, 0.3) is 17.0 Å². The molecule has 2 aromatic heterocycles. The quantitative estimate of drug-likeness (QED) is 0.674. The molecular formula is C13H11ClN4O.